The third-order valence-corrected chi connectivity index (χ3v) is 2.88. The number of furan rings is 1. The zero-order valence-electron chi connectivity index (χ0n) is 11.1. The second kappa shape index (κ2) is 5.22. The van der Waals surface area contributed by atoms with Crippen molar-refractivity contribution in [3.05, 3.63) is 36.0 Å². The predicted octanol–water partition coefficient (Wildman–Crippen LogP) is 2.87. The largest absolute Gasteiger partial charge is 0.481 e. The first-order valence-electron chi connectivity index (χ1n) is 6.11. The van der Waals surface area contributed by atoms with Crippen LogP contribution in [-0.2, 0) is 4.79 Å². The number of hydrogen-bond donors (Lipinski definition) is 1. The molecule has 0 aliphatic carbocycles. The fourth-order valence-electron chi connectivity index (χ4n) is 1.93. The monoisotopic (exact) mass is 260 g/mol. The van der Waals surface area contributed by atoms with E-state index >= 15 is 0 Å². The first-order chi connectivity index (χ1) is 8.99. The Kier molecular flexibility index (Phi) is 3.64. The quantitative estimate of drug-likeness (QED) is 0.914. The number of carboxylic acid groups (broad SMARTS) is 1. The van der Waals surface area contributed by atoms with Gasteiger partial charge in [0, 0.05) is 6.20 Å². The molecule has 2 aromatic rings. The molecule has 0 aromatic carbocycles. The highest BCUT2D eigenvalue weighted by Crippen LogP contribution is 2.25. The fourth-order valence-corrected chi connectivity index (χ4v) is 1.93. The Morgan fingerprint density at radius 2 is 2.05 bits per heavy atom. The van der Waals surface area contributed by atoms with Gasteiger partial charge in [-0.2, -0.15) is 0 Å². The molecule has 5 heteroatoms. The van der Waals surface area contributed by atoms with Crippen LogP contribution in [0.2, 0.25) is 0 Å². The zero-order chi connectivity index (χ0) is 14.0. The van der Waals surface area contributed by atoms with Gasteiger partial charge in [0.2, 0.25) is 0 Å². The van der Waals surface area contributed by atoms with Crippen LogP contribution in [-0.4, -0.2) is 21.0 Å². The second-order valence-electron chi connectivity index (χ2n) is 4.77. The minimum atomic E-state index is -0.914. The van der Waals surface area contributed by atoms with Crippen molar-refractivity contribution in [3.8, 4) is 11.5 Å². The van der Waals surface area contributed by atoms with Crippen LogP contribution in [0, 0.1) is 12.8 Å². The summed E-state index contributed by atoms with van der Waals surface area (Å²) < 4.78 is 5.49. The molecule has 0 spiro atoms. The average Bonchev–Trinajstić information content (AvgIpc) is 2.75. The smallest absolute Gasteiger partial charge is 0.314 e. The fraction of sp³-hybridized carbons (Fsp3) is 0.357. The van der Waals surface area contributed by atoms with Crippen LogP contribution in [0.15, 0.2) is 28.8 Å². The summed E-state index contributed by atoms with van der Waals surface area (Å²) in [6, 6.07) is 5.36. The average molecular weight is 260 g/mol. The molecular formula is C14H16N2O3. The molecule has 100 valence electrons. The van der Waals surface area contributed by atoms with E-state index < -0.39 is 11.9 Å². The van der Waals surface area contributed by atoms with Gasteiger partial charge in [-0.25, -0.2) is 9.97 Å². The lowest BCUT2D eigenvalue weighted by Crippen LogP contribution is -2.20. The molecule has 0 radical (unpaired) electrons. The lowest BCUT2D eigenvalue weighted by molar-refractivity contribution is -0.140. The second-order valence-corrected chi connectivity index (χ2v) is 4.77. The van der Waals surface area contributed by atoms with Gasteiger partial charge in [0.25, 0.3) is 0 Å². The van der Waals surface area contributed by atoms with Gasteiger partial charge in [0.15, 0.2) is 5.76 Å². The van der Waals surface area contributed by atoms with Gasteiger partial charge in [-0.1, -0.05) is 13.8 Å². The molecule has 19 heavy (non-hydrogen) atoms. The topological polar surface area (TPSA) is 76.2 Å². The maximum absolute atomic E-state index is 11.3. The van der Waals surface area contributed by atoms with Gasteiger partial charge in [0.1, 0.15) is 23.2 Å². The van der Waals surface area contributed by atoms with Crippen molar-refractivity contribution in [1.29, 1.82) is 0 Å². The highest BCUT2D eigenvalue weighted by atomic mass is 16.4. The summed E-state index contributed by atoms with van der Waals surface area (Å²) in [6.07, 6.45) is 1.56. The standard InChI is InChI=1S/C14H16N2O3/c1-8(2)12(14(17)18)13-15-7-6-10(16-13)11-5-4-9(3)19-11/h4-8,12H,1-3H3,(H,17,18). The van der Waals surface area contributed by atoms with Gasteiger partial charge in [-0.05, 0) is 31.0 Å². The maximum atomic E-state index is 11.3. The Balaban J connectivity index is 2.41. The number of aromatic nitrogens is 2. The highest BCUT2D eigenvalue weighted by molar-refractivity contribution is 5.75. The van der Waals surface area contributed by atoms with Crippen LogP contribution >= 0.6 is 0 Å². The van der Waals surface area contributed by atoms with Crippen molar-refractivity contribution in [2.24, 2.45) is 5.92 Å². The van der Waals surface area contributed by atoms with Crippen molar-refractivity contribution >= 4 is 5.97 Å². The summed E-state index contributed by atoms with van der Waals surface area (Å²) in [5, 5.41) is 9.26. The molecule has 1 N–H and O–H groups in total. The molecule has 0 fully saturated rings. The van der Waals surface area contributed by atoms with E-state index in [1.54, 1.807) is 12.3 Å². The molecule has 0 aliphatic rings. The van der Waals surface area contributed by atoms with Gasteiger partial charge in [-0.15, -0.1) is 0 Å². The first-order valence-corrected chi connectivity index (χ1v) is 6.11. The summed E-state index contributed by atoms with van der Waals surface area (Å²) in [6.45, 7) is 5.53. The van der Waals surface area contributed by atoms with Crippen LogP contribution < -0.4 is 0 Å². The normalized spacial score (nSPS) is 12.6. The SMILES string of the molecule is Cc1ccc(-c2ccnc(C(C(=O)O)C(C)C)n2)o1. The molecule has 0 bridgehead atoms. The highest BCUT2D eigenvalue weighted by Gasteiger charge is 2.26. The number of nitrogens with zero attached hydrogens (tertiary/aromatic N) is 2. The number of carboxylic acids is 1. The third kappa shape index (κ3) is 2.81. The molecule has 0 saturated heterocycles. The molecule has 0 amide bonds. The van der Waals surface area contributed by atoms with E-state index in [0.717, 1.165) is 5.76 Å². The zero-order valence-corrected chi connectivity index (χ0v) is 11.1. The van der Waals surface area contributed by atoms with Gasteiger partial charge in [-0.3, -0.25) is 4.79 Å². The first kappa shape index (κ1) is 13.3. The van der Waals surface area contributed by atoms with Crippen LogP contribution in [0.25, 0.3) is 11.5 Å². The third-order valence-electron chi connectivity index (χ3n) is 2.88. The van der Waals surface area contributed by atoms with Crippen molar-refractivity contribution in [2.75, 3.05) is 0 Å². The summed E-state index contributed by atoms with van der Waals surface area (Å²) >= 11 is 0. The van der Waals surface area contributed by atoms with E-state index in [-0.39, 0.29) is 5.92 Å². The molecule has 0 saturated carbocycles. The summed E-state index contributed by atoms with van der Waals surface area (Å²) in [7, 11) is 0. The Morgan fingerprint density at radius 1 is 1.32 bits per heavy atom. The maximum Gasteiger partial charge on any atom is 0.314 e. The molecule has 1 atom stereocenters. The Labute approximate surface area is 111 Å². The summed E-state index contributed by atoms with van der Waals surface area (Å²) in [4.78, 5) is 19.7. The van der Waals surface area contributed by atoms with E-state index in [1.165, 1.54) is 0 Å². The lowest BCUT2D eigenvalue weighted by atomic mass is 9.95. The van der Waals surface area contributed by atoms with E-state index in [1.807, 2.05) is 32.9 Å². The van der Waals surface area contributed by atoms with E-state index in [4.69, 9.17) is 4.42 Å². The van der Waals surface area contributed by atoms with Crippen LogP contribution in [0.4, 0.5) is 0 Å². The Hall–Kier alpha value is -2.17. The molecule has 2 rings (SSSR count). The number of aliphatic carboxylic acids is 1. The van der Waals surface area contributed by atoms with Gasteiger partial charge in [0.05, 0.1) is 0 Å². The molecule has 0 aliphatic heterocycles. The van der Waals surface area contributed by atoms with Gasteiger partial charge < -0.3 is 9.52 Å². The number of carbonyl (C=O) groups is 1. The van der Waals surface area contributed by atoms with Crippen molar-refractivity contribution in [2.45, 2.75) is 26.7 Å². The van der Waals surface area contributed by atoms with Gasteiger partial charge >= 0.3 is 5.97 Å². The number of aryl methyl sites for hydroxylation is 1. The molecule has 1 unspecified atom stereocenters. The summed E-state index contributed by atoms with van der Waals surface area (Å²) in [5.41, 5.74) is 0.602. The lowest BCUT2D eigenvalue weighted by Gasteiger charge is -2.14. The van der Waals surface area contributed by atoms with Crippen LogP contribution in [0.3, 0.4) is 0 Å². The molecule has 2 aromatic heterocycles. The summed E-state index contributed by atoms with van der Waals surface area (Å²) in [5.74, 6) is 0.0155. The van der Waals surface area contributed by atoms with E-state index in [2.05, 4.69) is 9.97 Å². The Morgan fingerprint density at radius 3 is 2.58 bits per heavy atom. The van der Waals surface area contributed by atoms with Crippen molar-refractivity contribution in [3.63, 3.8) is 0 Å². The van der Waals surface area contributed by atoms with E-state index in [0.29, 0.717) is 17.3 Å². The molecule has 5 nitrogen and oxygen atoms in total. The molecule has 2 heterocycles. The minimum Gasteiger partial charge on any atom is -0.481 e. The molecular weight excluding hydrogens is 244 g/mol. The van der Waals surface area contributed by atoms with E-state index in [9.17, 15) is 9.90 Å². The minimum absolute atomic E-state index is 0.0777. The van der Waals surface area contributed by atoms with Crippen LogP contribution in [0.1, 0.15) is 31.4 Å². The predicted molar refractivity (Wildman–Crippen MR) is 69.7 cm³/mol. The van der Waals surface area contributed by atoms with Crippen molar-refractivity contribution in [1.82, 2.24) is 9.97 Å². The number of rotatable bonds is 4. The Bertz CT molecular complexity index is 590. The number of hydrogen-bond acceptors (Lipinski definition) is 4. The van der Waals surface area contributed by atoms with Crippen molar-refractivity contribution < 1.29 is 14.3 Å². The van der Waals surface area contributed by atoms with Crippen LogP contribution in [0.5, 0.6) is 0 Å².